The largest absolute Gasteiger partial charge is 0.263 e. The van der Waals surface area contributed by atoms with E-state index < -0.39 is 26.7 Å². The van der Waals surface area contributed by atoms with E-state index in [9.17, 15) is 17.2 Å². The van der Waals surface area contributed by atoms with Gasteiger partial charge in [-0.05, 0) is 18.2 Å². The van der Waals surface area contributed by atoms with Crippen molar-refractivity contribution < 1.29 is 17.2 Å². The first-order chi connectivity index (χ1) is 9.43. The fourth-order valence-corrected chi connectivity index (χ4v) is 2.77. The second kappa shape index (κ2) is 5.64. The zero-order valence-electron chi connectivity index (χ0n) is 10.6. The zero-order valence-corrected chi connectivity index (χ0v) is 11.4. The Labute approximate surface area is 115 Å². The molecule has 0 spiro atoms. The molecular formula is C13H12F2N2O2S. The van der Waals surface area contributed by atoms with Crippen LogP contribution < -0.4 is 0 Å². The van der Waals surface area contributed by atoms with Crippen molar-refractivity contribution in [1.82, 2.24) is 9.29 Å². The van der Waals surface area contributed by atoms with E-state index in [1.54, 1.807) is 6.07 Å². The summed E-state index contributed by atoms with van der Waals surface area (Å²) < 4.78 is 52.2. The molecule has 106 valence electrons. The molecule has 2 rings (SSSR count). The summed E-state index contributed by atoms with van der Waals surface area (Å²) >= 11 is 0. The lowest BCUT2D eigenvalue weighted by Gasteiger charge is -2.17. The number of hydrogen-bond acceptors (Lipinski definition) is 3. The van der Waals surface area contributed by atoms with Crippen LogP contribution in [0.4, 0.5) is 8.78 Å². The summed E-state index contributed by atoms with van der Waals surface area (Å²) in [7, 11) is -2.86. The molecule has 0 saturated carbocycles. The van der Waals surface area contributed by atoms with Gasteiger partial charge in [0.2, 0.25) is 5.03 Å². The van der Waals surface area contributed by atoms with Gasteiger partial charge in [0.25, 0.3) is 10.0 Å². The van der Waals surface area contributed by atoms with Gasteiger partial charge in [-0.1, -0.05) is 18.2 Å². The van der Waals surface area contributed by atoms with Crippen molar-refractivity contribution in [3.05, 3.63) is 59.8 Å². The Morgan fingerprint density at radius 3 is 2.40 bits per heavy atom. The lowest BCUT2D eigenvalue weighted by atomic mass is 10.2. The second-order valence-corrected chi connectivity index (χ2v) is 6.10. The summed E-state index contributed by atoms with van der Waals surface area (Å²) in [6, 6.07) is 8.11. The van der Waals surface area contributed by atoms with Crippen LogP contribution in [0.1, 0.15) is 5.56 Å². The summed E-state index contributed by atoms with van der Waals surface area (Å²) in [6.07, 6.45) is 1.19. The molecule has 0 aliphatic heterocycles. The summed E-state index contributed by atoms with van der Waals surface area (Å²) in [5.41, 5.74) is 0.204. The molecule has 0 radical (unpaired) electrons. The highest BCUT2D eigenvalue weighted by atomic mass is 32.2. The van der Waals surface area contributed by atoms with Crippen molar-refractivity contribution in [3.8, 4) is 0 Å². The van der Waals surface area contributed by atoms with Crippen LogP contribution >= 0.6 is 0 Å². The van der Waals surface area contributed by atoms with E-state index in [0.717, 1.165) is 10.4 Å². The summed E-state index contributed by atoms with van der Waals surface area (Å²) in [4.78, 5) is 3.54. The predicted molar refractivity (Wildman–Crippen MR) is 69.2 cm³/mol. The Morgan fingerprint density at radius 1 is 1.10 bits per heavy atom. The van der Waals surface area contributed by atoms with Gasteiger partial charge in [0.1, 0.15) is 5.82 Å². The zero-order chi connectivity index (χ0) is 14.8. The molecule has 0 aliphatic rings. The monoisotopic (exact) mass is 298 g/mol. The first-order valence-electron chi connectivity index (χ1n) is 5.73. The summed E-state index contributed by atoms with van der Waals surface area (Å²) in [5.74, 6) is -1.45. The highest BCUT2D eigenvalue weighted by Gasteiger charge is 2.26. The van der Waals surface area contributed by atoms with Gasteiger partial charge in [-0.15, -0.1) is 0 Å². The first kappa shape index (κ1) is 14.5. The number of halogens is 2. The van der Waals surface area contributed by atoms with Gasteiger partial charge < -0.3 is 0 Å². The van der Waals surface area contributed by atoms with Crippen LogP contribution in [-0.2, 0) is 16.6 Å². The molecule has 7 heteroatoms. The molecule has 20 heavy (non-hydrogen) atoms. The average Bonchev–Trinajstić information content (AvgIpc) is 2.41. The van der Waals surface area contributed by atoms with Crippen molar-refractivity contribution in [2.24, 2.45) is 0 Å². The molecule has 0 saturated heterocycles. The molecule has 1 aromatic heterocycles. The maximum absolute atomic E-state index is 13.5. The van der Waals surface area contributed by atoms with Gasteiger partial charge >= 0.3 is 0 Å². The highest BCUT2D eigenvalue weighted by molar-refractivity contribution is 7.89. The third-order valence-corrected chi connectivity index (χ3v) is 4.47. The minimum atomic E-state index is -4.10. The molecule has 1 aromatic carbocycles. The minimum absolute atomic E-state index is 0.203. The van der Waals surface area contributed by atoms with Crippen LogP contribution in [0.2, 0.25) is 0 Å². The van der Waals surface area contributed by atoms with E-state index in [4.69, 9.17) is 0 Å². The number of aromatic nitrogens is 1. The number of rotatable bonds is 4. The maximum atomic E-state index is 13.5. The third-order valence-electron chi connectivity index (χ3n) is 2.73. The Balaban J connectivity index is 2.31. The van der Waals surface area contributed by atoms with E-state index in [1.807, 2.05) is 0 Å². The number of benzene rings is 1. The number of sulfonamides is 1. The topological polar surface area (TPSA) is 50.3 Å². The van der Waals surface area contributed by atoms with Gasteiger partial charge in [0.15, 0.2) is 5.82 Å². The first-order valence-corrected chi connectivity index (χ1v) is 7.17. The van der Waals surface area contributed by atoms with Crippen molar-refractivity contribution in [2.75, 3.05) is 7.05 Å². The van der Waals surface area contributed by atoms with Gasteiger partial charge in [0.05, 0.1) is 0 Å². The Hall–Kier alpha value is -1.86. The SMILES string of the molecule is CN(Cc1ccccc1F)S(=O)(=O)c1ncccc1F. The molecule has 0 bridgehead atoms. The van der Waals surface area contributed by atoms with Crippen molar-refractivity contribution in [1.29, 1.82) is 0 Å². The molecule has 4 nitrogen and oxygen atoms in total. The van der Waals surface area contributed by atoms with E-state index in [1.165, 1.54) is 37.5 Å². The Kier molecular flexibility index (Phi) is 4.10. The van der Waals surface area contributed by atoms with E-state index >= 15 is 0 Å². The maximum Gasteiger partial charge on any atom is 0.263 e. The second-order valence-electron chi connectivity index (χ2n) is 4.14. The highest BCUT2D eigenvalue weighted by Crippen LogP contribution is 2.18. The molecule has 0 fully saturated rings. The predicted octanol–water partition coefficient (Wildman–Crippen LogP) is 2.18. The lowest BCUT2D eigenvalue weighted by Crippen LogP contribution is -2.28. The fraction of sp³-hybridized carbons (Fsp3) is 0.154. The molecule has 0 amide bonds. The number of hydrogen-bond donors (Lipinski definition) is 0. The molecule has 0 aliphatic carbocycles. The number of pyridine rings is 1. The summed E-state index contributed by atoms with van der Waals surface area (Å²) in [5, 5.41) is -0.668. The van der Waals surface area contributed by atoms with Gasteiger partial charge in [-0.3, -0.25) is 0 Å². The molecule has 1 heterocycles. The van der Waals surface area contributed by atoms with Gasteiger partial charge in [0, 0.05) is 25.4 Å². The fourth-order valence-electron chi connectivity index (χ4n) is 1.66. The van der Waals surface area contributed by atoms with Crippen molar-refractivity contribution in [3.63, 3.8) is 0 Å². The van der Waals surface area contributed by atoms with E-state index in [2.05, 4.69) is 4.98 Å². The number of nitrogens with zero attached hydrogens (tertiary/aromatic N) is 2. The van der Waals surface area contributed by atoms with Crippen LogP contribution in [-0.4, -0.2) is 24.8 Å². The molecule has 2 aromatic rings. The van der Waals surface area contributed by atoms with Crippen LogP contribution in [0.5, 0.6) is 0 Å². The van der Waals surface area contributed by atoms with Crippen LogP contribution in [0.25, 0.3) is 0 Å². The van der Waals surface area contributed by atoms with Crippen molar-refractivity contribution >= 4 is 10.0 Å². The van der Waals surface area contributed by atoms with E-state index in [0.29, 0.717) is 0 Å². The average molecular weight is 298 g/mol. The van der Waals surface area contributed by atoms with Gasteiger partial charge in [-0.25, -0.2) is 22.2 Å². The normalized spacial score (nSPS) is 11.8. The minimum Gasteiger partial charge on any atom is -0.241 e. The smallest absolute Gasteiger partial charge is 0.241 e. The van der Waals surface area contributed by atoms with Gasteiger partial charge in [-0.2, -0.15) is 4.31 Å². The molecular weight excluding hydrogens is 286 g/mol. The molecule has 0 N–H and O–H groups in total. The quantitative estimate of drug-likeness (QED) is 0.869. The van der Waals surface area contributed by atoms with Crippen LogP contribution in [0.15, 0.2) is 47.6 Å². The Bertz CT molecular complexity index is 720. The molecule has 0 unspecified atom stereocenters. The third kappa shape index (κ3) is 2.83. The molecule has 0 atom stereocenters. The van der Waals surface area contributed by atoms with Crippen molar-refractivity contribution in [2.45, 2.75) is 11.6 Å². The van der Waals surface area contributed by atoms with E-state index in [-0.39, 0.29) is 12.1 Å². The van der Waals surface area contributed by atoms with Crippen LogP contribution in [0, 0.1) is 11.6 Å². The lowest BCUT2D eigenvalue weighted by molar-refractivity contribution is 0.446. The van der Waals surface area contributed by atoms with Crippen LogP contribution in [0.3, 0.4) is 0 Å². The Morgan fingerprint density at radius 2 is 1.75 bits per heavy atom. The standard InChI is InChI=1S/C13H12F2N2O2S/c1-17(9-10-5-2-3-6-11(10)14)20(18,19)13-12(15)7-4-8-16-13/h2-8H,9H2,1H3. The summed E-state index contributed by atoms with van der Waals surface area (Å²) in [6.45, 7) is -0.203.